The maximum Gasteiger partial charge on any atom is 0.348 e. The highest BCUT2D eigenvalue weighted by Gasteiger charge is 2.18. The van der Waals surface area contributed by atoms with E-state index in [2.05, 4.69) is 10.0 Å². The van der Waals surface area contributed by atoms with E-state index in [4.69, 9.17) is 10.3 Å². The summed E-state index contributed by atoms with van der Waals surface area (Å²) in [6.07, 6.45) is 0. The molecule has 0 saturated carbocycles. The lowest BCUT2D eigenvalue weighted by Gasteiger charge is -1.96. The van der Waals surface area contributed by atoms with Crippen LogP contribution in [0.25, 0.3) is 20.5 Å². The Balaban J connectivity index is 2.60. The van der Waals surface area contributed by atoms with Gasteiger partial charge in [-0.15, -0.1) is 11.3 Å². The minimum absolute atomic E-state index is 0.0850. The molecule has 102 valence electrons. The van der Waals surface area contributed by atoms with Gasteiger partial charge in [-0.1, -0.05) is 5.11 Å². The molecule has 1 heterocycles. The van der Waals surface area contributed by atoms with E-state index in [9.17, 15) is 14.9 Å². The zero-order chi connectivity index (χ0) is 14.7. The Hall–Kier alpha value is -2.64. The van der Waals surface area contributed by atoms with Crippen LogP contribution in [-0.2, 0) is 4.74 Å². The maximum atomic E-state index is 11.6. The van der Waals surface area contributed by atoms with Crippen LogP contribution >= 0.6 is 11.3 Å². The Kier molecular flexibility index (Phi) is 3.83. The standard InChI is InChI=1S/C11H8N4O4S/c1-2-19-11(16)10-4-6-3-7(13-14-12)8(15(17)18)5-9(6)20-10/h3-5H,2H2,1H3. The second-order valence-corrected chi connectivity index (χ2v) is 4.74. The molecule has 0 fully saturated rings. The minimum atomic E-state index is -0.632. The molecule has 2 aromatic rings. The van der Waals surface area contributed by atoms with Crippen molar-refractivity contribution in [3.63, 3.8) is 0 Å². The molecule has 9 heteroatoms. The highest BCUT2D eigenvalue weighted by molar-refractivity contribution is 7.20. The molecule has 8 nitrogen and oxygen atoms in total. The lowest BCUT2D eigenvalue weighted by molar-refractivity contribution is -0.383. The van der Waals surface area contributed by atoms with Gasteiger partial charge < -0.3 is 4.74 Å². The third-order valence-electron chi connectivity index (χ3n) is 2.44. The van der Waals surface area contributed by atoms with Gasteiger partial charge in [-0.05, 0) is 30.0 Å². The number of ether oxygens (including phenoxy) is 1. The van der Waals surface area contributed by atoms with E-state index < -0.39 is 10.9 Å². The third kappa shape index (κ3) is 2.53. The van der Waals surface area contributed by atoms with Gasteiger partial charge in [-0.3, -0.25) is 10.1 Å². The molecule has 20 heavy (non-hydrogen) atoms. The van der Waals surface area contributed by atoms with Gasteiger partial charge in [0.05, 0.1) is 11.5 Å². The molecule has 0 saturated heterocycles. The first-order chi connectivity index (χ1) is 9.56. The first kappa shape index (κ1) is 13.8. The van der Waals surface area contributed by atoms with E-state index >= 15 is 0 Å². The van der Waals surface area contributed by atoms with Gasteiger partial charge in [-0.2, -0.15) is 0 Å². The minimum Gasteiger partial charge on any atom is -0.462 e. The van der Waals surface area contributed by atoms with Gasteiger partial charge in [0.1, 0.15) is 10.6 Å². The summed E-state index contributed by atoms with van der Waals surface area (Å²) in [4.78, 5) is 24.8. The molecule has 0 aliphatic heterocycles. The van der Waals surface area contributed by atoms with Crippen LogP contribution in [-0.4, -0.2) is 17.5 Å². The fourth-order valence-corrected chi connectivity index (χ4v) is 2.61. The van der Waals surface area contributed by atoms with Gasteiger partial charge >= 0.3 is 5.97 Å². The number of nitrogens with zero attached hydrogens (tertiary/aromatic N) is 4. The zero-order valence-electron chi connectivity index (χ0n) is 10.3. The Morgan fingerprint density at radius 2 is 2.30 bits per heavy atom. The van der Waals surface area contributed by atoms with Crippen LogP contribution in [0.2, 0.25) is 0 Å². The number of esters is 1. The van der Waals surface area contributed by atoms with Crippen LogP contribution in [0.4, 0.5) is 11.4 Å². The molecule has 1 aromatic carbocycles. The lowest BCUT2D eigenvalue weighted by Crippen LogP contribution is -2.01. The summed E-state index contributed by atoms with van der Waals surface area (Å²) in [6.45, 7) is 1.94. The van der Waals surface area contributed by atoms with Crippen molar-refractivity contribution in [2.75, 3.05) is 6.61 Å². The molecule has 0 bridgehead atoms. The lowest BCUT2D eigenvalue weighted by atomic mass is 10.2. The molecule has 0 amide bonds. The smallest absolute Gasteiger partial charge is 0.348 e. The summed E-state index contributed by atoms with van der Waals surface area (Å²) < 4.78 is 5.42. The van der Waals surface area contributed by atoms with Crippen LogP contribution in [0.1, 0.15) is 16.6 Å². The molecule has 2 rings (SSSR count). The first-order valence-electron chi connectivity index (χ1n) is 5.51. The van der Waals surface area contributed by atoms with E-state index in [0.29, 0.717) is 15.0 Å². The highest BCUT2D eigenvalue weighted by atomic mass is 32.1. The van der Waals surface area contributed by atoms with Crippen LogP contribution < -0.4 is 0 Å². The fourth-order valence-electron chi connectivity index (χ4n) is 1.64. The van der Waals surface area contributed by atoms with Crippen LogP contribution in [0.15, 0.2) is 23.3 Å². The number of nitro benzene ring substituents is 1. The molecule has 0 spiro atoms. The highest BCUT2D eigenvalue weighted by Crippen LogP contribution is 2.36. The van der Waals surface area contributed by atoms with Crippen molar-refractivity contribution in [1.82, 2.24) is 0 Å². The van der Waals surface area contributed by atoms with E-state index in [0.717, 1.165) is 11.3 Å². The van der Waals surface area contributed by atoms with Crippen molar-refractivity contribution in [3.8, 4) is 0 Å². The number of azide groups is 1. The van der Waals surface area contributed by atoms with Gasteiger partial charge in [0.15, 0.2) is 0 Å². The number of hydrogen-bond donors (Lipinski definition) is 0. The van der Waals surface area contributed by atoms with Crippen molar-refractivity contribution >= 4 is 38.8 Å². The quantitative estimate of drug-likeness (QED) is 0.212. The molecule has 0 atom stereocenters. The Morgan fingerprint density at radius 1 is 1.55 bits per heavy atom. The number of fused-ring (bicyclic) bond motifs is 1. The van der Waals surface area contributed by atoms with Crippen molar-refractivity contribution < 1.29 is 14.5 Å². The molecule has 0 N–H and O–H groups in total. The summed E-state index contributed by atoms with van der Waals surface area (Å²) in [5, 5.41) is 14.8. The normalized spacial score (nSPS) is 10.1. The second-order valence-electron chi connectivity index (χ2n) is 3.66. The van der Waals surface area contributed by atoms with E-state index in [1.165, 1.54) is 12.1 Å². The Labute approximate surface area is 116 Å². The average molecular weight is 292 g/mol. The number of hydrogen-bond acceptors (Lipinski definition) is 6. The molecule has 0 radical (unpaired) electrons. The molecule has 1 aromatic heterocycles. The predicted octanol–water partition coefficient (Wildman–Crippen LogP) is 3.93. The summed E-state index contributed by atoms with van der Waals surface area (Å²) in [5.41, 5.74) is 8.04. The summed E-state index contributed by atoms with van der Waals surface area (Å²) in [6, 6.07) is 4.22. The summed E-state index contributed by atoms with van der Waals surface area (Å²) >= 11 is 1.09. The number of nitro groups is 1. The predicted molar refractivity (Wildman–Crippen MR) is 73.2 cm³/mol. The van der Waals surface area contributed by atoms with Crippen LogP contribution in [0, 0.1) is 10.1 Å². The number of thiophene rings is 1. The average Bonchev–Trinajstić information content (AvgIpc) is 2.81. The van der Waals surface area contributed by atoms with Gasteiger partial charge in [0, 0.05) is 15.7 Å². The van der Waals surface area contributed by atoms with Gasteiger partial charge in [0.2, 0.25) is 0 Å². The molecule has 0 unspecified atom stereocenters. The van der Waals surface area contributed by atoms with Crippen LogP contribution in [0.5, 0.6) is 0 Å². The zero-order valence-corrected chi connectivity index (χ0v) is 11.1. The number of carbonyl (C=O) groups is 1. The Morgan fingerprint density at radius 3 is 2.90 bits per heavy atom. The Bertz CT molecular complexity index is 709. The second kappa shape index (κ2) is 5.55. The monoisotopic (exact) mass is 292 g/mol. The SMILES string of the molecule is CCOC(=O)c1cc2cc(N=[N+]=[N-])c([N+](=O)[O-])cc2s1. The molecule has 0 aliphatic carbocycles. The van der Waals surface area contributed by atoms with E-state index in [-0.39, 0.29) is 18.0 Å². The number of rotatable bonds is 4. The van der Waals surface area contributed by atoms with Crippen molar-refractivity contribution in [2.45, 2.75) is 6.92 Å². The summed E-state index contributed by atoms with van der Waals surface area (Å²) in [5.74, 6) is -0.485. The molecule has 0 aliphatic rings. The number of carbonyl (C=O) groups excluding carboxylic acids is 1. The van der Waals surface area contributed by atoms with Gasteiger partial charge in [0.25, 0.3) is 5.69 Å². The third-order valence-corrected chi connectivity index (χ3v) is 3.52. The van der Waals surface area contributed by atoms with E-state index in [1.807, 2.05) is 0 Å². The summed E-state index contributed by atoms with van der Waals surface area (Å²) in [7, 11) is 0. The van der Waals surface area contributed by atoms with Crippen molar-refractivity contribution in [3.05, 3.63) is 43.6 Å². The largest absolute Gasteiger partial charge is 0.462 e. The molecular weight excluding hydrogens is 284 g/mol. The molecular formula is C11H8N4O4S. The topological polar surface area (TPSA) is 118 Å². The fraction of sp³-hybridized carbons (Fsp3) is 0.182. The van der Waals surface area contributed by atoms with Gasteiger partial charge in [-0.25, -0.2) is 4.79 Å². The maximum absolute atomic E-state index is 11.6. The van der Waals surface area contributed by atoms with Crippen molar-refractivity contribution in [1.29, 1.82) is 0 Å². The van der Waals surface area contributed by atoms with Crippen molar-refractivity contribution in [2.24, 2.45) is 5.11 Å². The van der Waals surface area contributed by atoms with Crippen LogP contribution in [0.3, 0.4) is 0 Å². The number of benzene rings is 1. The first-order valence-corrected chi connectivity index (χ1v) is 6.32. The van der Waals surface area contributed by atoms with E-state index in [1.54, 1.807) is 13.0 Å².